The zero-order chi connectivity index (χ0) is 16.4. The van der Waals surface area contributed by atoms with Gasteiger partial charge in [0.25, 0.3) is 0 Å². The molecule has 3 rings (SSSR count). The monoisotopic (exact) mass is 347 g/mol. The minimum absolute atomic E-state index is 0.0806. The van der Waals surface area contributed by atoms with Crippen LogP contribution < -0.4 is 4.87 Å². The number of aryl methyl sites for hydroxylation is 3. The van der Waals surface area contributed by atoms with Gasteiger partial charge in [0.1, 0.15) is 0 Å². The van der Waals surface area contributed by atoms with Crippen molar-refractivity contribution in [2.45, 2.75) is 32.5 Å². The van der Waals surface area contributed by atoms with Crippen molar-refractivity contribution in [2.75, 3.05) is 5.75 Å². The summed E-state index contributed by atoms with van der Waals surface area (Å²) in [5, 5.41) is 14.6. The van der Waals surface area contributed by atoms with E-state index in [1.807, 2.05) is 12.3 Å². The Labute approximate surface area is 142 Å². The Morgan fingerprint density at radius 2 is 1.91 bits per heavy atom. The Kier molecular flexibility index (Phi) is 4.63. The Morgan fingerprint density at radius 3 is 2.57 bits per heavy atom. The summed E-state index contributed by atoms with van der Waals surface area (Å²) in [5.41, 5.74) is 4.30. The minimum Gasteiger partial charge on any atom is -0.303 e. The van der Waals surface area contributed by atoms with E-state index in [-0.39, 0.29) is 4.87 Å². The summed E-state index contributed by atoms with van der Waals surface area (Å²) >= 11 is 2.78. The molecule has 0 N–H and O–H groups in total. The average molecular weight is 347 g/mol. The summed E-state index contributed by atoms with van der Waals surface area (Å²) in [6.07, 6.45) is 0. The SMILES string of the molecule is Cc1cc(C)cc(-n2nnnc2SCCn2c(C)csc2=O)c1. The van der Waals surface area contributed by atoms with Gasteiger partial charge in [0.2, 0.25) is 5.16 Å². The number of thiazole rings is 1. The van der Waals surface area contributed by atoms with Gasteiger partial charge in [-0.05, 0) is 54.5 Å². The Balaban J connectivity index is 1.75. The van der Waals surface area contributed by atoms with Crippen LogP contribution in [0.4, 0.5) is 0 Å². The van der Waals surface area contributed by atoms with E-state index < -0.39 is 0 Å². The average Bonchev–Trinajstić information content (AvgIpc) is 3.07. The predicted octanol–water partition coefficient (Wildman–Crippen LogP) is 2.60. The van der Waals surface area contributed by atoms with Crippen LogP contribution in [0.3, 0.4) is 0 Å². The van der Waals surface area contributed by atoms with Crippen LogP contribution in [0.5, 0.6) is 0 Å². The lowest BCUT2D eigenvalue weighted by atomic mass is 10.1. The van der Waals surface area contributed by atoms with E-state index in [2.05, 4.69) is 47.6 Å². The van der Waals surface area contributed by atoms with Gasteiger partial charge in [0.15, 0.2) is 0 Å². The molecular weight excluding hydrogens is 330 g/mol. The van der Waals surface area contributed by atoms with Crippen LogP contribution >= 0.6 is 23.1 Å². The lowest BCUT2D eigenvalue weighted by molar-refractivity contribution is 0.725. The van der Waals surface area contributed by atoms with Gasteiger partial charge in [-0.3, -0.25) is 4.79 Å². The number of hydrogen-bond donors (Lipinski definition) is 0. The summed E-state index contributed by atoms with van der Waals surface area (Å²) in [5.74, 6) is 0.739. The van der Waals surface area contributed by atoms with E-state index in [1.54, 1.807) is 21.0 Å². The van der Waals surface area contributed by atoms with Crippen LogP contribution in [0.2, 0.25) is 0 Å². The molecule has 3 aromatic rings. The molecule has 0 aliphatic rings. The lowest BCUT2D eigenvalue weighted by Crippen LogP contribution is -2.16. The first-order chi connectivity index (χ1) is 11.0. The first-order valence-corrected chi connectivity index (χ1v) is 9.06. The Morgan fingerprint density at radius 1 is 1.17 bits per heavy atom. The molecule has 23 heavy (non-hydrogen) atoms. The van der Waals surface area contributed by atoms with Gasteiger partial charge in [0.05, 0.1) is 5.69 Å². The molecule has 0 spiro atoms. The van der Waals surface area contributed by atoms with Gasteiger partial charge < -0.3 is 4.57 Å². The minimum atomic E-state index is 0.0806. The molecule has 8 heteroatoms. The quantitative estimate of drug-likeness (QED) is 0.664. The van der Waals surface area contributed by atoms with Crippen molar-refractivity contribution in [3.8, 4) is 5.69 Å². The van der Waals surface area contributed by atoms with Crippen LogP contribution in [0, 0.1) is 20.8 Å². The zero-order valence-corrected chi connectivity index (χ0v) is 14.8. The number of benzene rings is 1. The highest BCUT2D eigenvalue weighted by Crippen LogP contribution is 2.20. The van der Waals surface area contributed by atoms with Crippen molar-refractivity contribution < 1.29 is 0 Å². The van der Waals surface area contributed by atoms with Crippen molar-refractivity contribution in [3.05, 3.63) is 50.1 Å². The molecule has 2 aromatic heterocycles. The van der Waals surface area contributed by atoms with Gasteiger partial charge in [-0.2, -0.15) is 4.68 Å². The van der Waals surface area contributed by atoms with Crippen molar-refractivity contribution in [1.29, 1.82) is 0 Å². The first-order valence-electron chi connectivity index (χ1n) is 7.19. The maximum absolute atomic E-state index is 11.7. The summed E-state index contributed by atoms with van der Waals surface area (Å²) in [6, 6.07) is 6.23. The highest BCUT2D eigenvalue weighted by molar-refractivity contribution is 7.99. The fourth-order valence-corrected chi connectivity index (χ4v) is 3.98. The maximum atomic E-state index is 11.7. The molecule has 0 radical (unpaired) electrons. The molecule has 6 nitrogen and oxygen atoms in total. The van der Waals surface area contributed by atoms with Crippen LogP contribution in [-0.2, 0) is 6.54 Å². The van der Waals surface area contributed by atoms with Crippen molar-refractivity contribution in [1.82, 2.24) is 24.8 Å². The summed E-state index contributed by atoms with van der Waals surface area (Å²) in [7, 11) is 0. The fourth-order valence-electron chi connectivity index (χ4n) is 2.41. The Bertz CT molecular complexity index is 860. The van der Waals surface area contributed by atoms with Crippen molar-refractivity contribution in [3.63, 3.8) is 0 Å². The number of nitrogens with zero attached hydrogens (tertiary/aromatic N) is 5. The topological polar surface area (TPSA) is 65.6 Å². The van der Waals surface area contributed by atoms with E-state index in [9.17, 15) is 4.79 Å². The molecule has 0 aliphatic carbocycles. The van der Waals surface area contributed by atoms with E-state index in [1.165, 1.54) is 22.5 Å². The predicted molar refractivity (Wildman–Crippen MR) is 92.7 cm³/mol. The van der Waals surface area contributed by atoms with Gasteiger partial charge in [-0.25, -0.2) is 0 Å². The molecule has 0 atom stereocenters. The van der Waals surface area contributed by atoms with Gasteiger partial charge in [-0.1, -0.05) is 29.2 Å². The van der Waals surface area contributed by atoms with E-state index >= 15 is 0 Å². The largest absolute Gasteiger partial charge is 0.307 e. The van der Waals surface area contributed by atoms with Crippen LogP contribution in [0.15, 0.2) is 33.5 Å². The molecule has 0 amide bonds. The zero-order valence-electron chi connectivity index (χ0n) is 13.2. The number of hydrogen-bond acceptors (Lipinski definition) is 6. The van der Waals surface area contributed by atoms with E-state index in [4.69, 9.17) is 0 Å². The normalized spacial score (nSPS) is 11.1. The molecule has 0 fully saturated rings. The van der Waals surface area contributed by atoms with Crippen LogP contribution in [0.25, 0.3) is 5.69 Å². The second kappa shape index (κ2) is 6.67. The lowest BCUT2D eigenvalue weighted by Gasteiger charge is -2.07. The second-order valence-corrected chi connectivity index (χ2v) is 7.24. The summed E-state index contributed by atoms with van der Waals surface area (Å²) in [6.45, 7) is 6.71. The van der Waals surface area contributed by atoms with Gasteiger partial charge in [0, 0.05) is 23.4 Å². The molecule has 0 saturated heterocycles. The standard InChI is InChI=1S/C15H17N5OS2/c1-10-6-11(2)8-13(7-10)20-14(16-17-18-20)22-5-4-19-12(3)9-23-15(19)21/h6-9H,4-5H2,1-3H3. The van der Waals surface area contributed by atoms with Gasteiger partial charge >= 0.3 is 4.87 Å². The van der Waals surface area contributed by atoms with Crippen molar-refractivity contribution >= 4 is 23.1 Å². The highest BCUT2D eigenvalue weighted by atomic mass is 32.2. The molecule has 0 aliphatic heterocycles. The van der Waals surface area contributed by atoms with Crippen LogP contribution in [-0.4, -0.2) is 30.5 Å². The highest BCUT2D eigenvalue weighted by Gasteiger charge is 2.10. The molecule has 2 heterocycles. The molecule has 0 bridgehead atoms. The van der Waals surface area contributed by atoms with E-state index in [0.29, 0.717) is 6.54 Å². The molecule has 0 saturated carbocycles. The fraction of sp³-hybridized carbons (Fsp3) is 0.333. The number of rotatable bonds is 5. The first kappa shape index (κ1) is 15.9. The molecule has 1 aromatic carbocycles. The third-order valence-corrected chi connectivity index (χ3v) is 5.19. The number of aromatic nitrogens is 5. The third kappa shape index (κ3) is 3.53. The van der Waals surface area contributed by atoms with Crippen LogP contribution in [0.1, 0.15) is 16.8 Å². The third-order valence-electron chi connectivity index (χ3n) is 3.41. The number of thioether (sulfide) groups is 1. The van der Waals surface area contributed by atoms with Crippen molar-refractivity contribution in [2.24, 2.45) is 0 Å². The van der Waals surface area contributed by atoms with E-state index in [0.717, 1.165) is 22.3 Å². The van der Waals surface area contributed by atoms with Gasteiger partial charge in [-0.15, -0.1) is 5.10 Å². The number of tetrazole rings is 1. The Hall–Kier alpha value is -1.93. The summed E-state index contributed by atoms with van der Waals surface area (Å²) < 4.78 is 3.52. The molecule has 120 valence electrons. The maximum Gasteiger partial charge on any atom is 0.307 e. The summed E-state index contributed by atoms with van der Waals surface area (Å²) in [4.78, 5) is 11.8. The molecular formula is C15H17N5OS2. The smallest absolute Gasteiger partial charge is 0.303 e. The second-order valence-electron chi connectivity index (χ2n) is 5.36. The molecule has 0 unspecified atom stereocenters.